The van der Waals surface area contributed by atoms with Crippen LogP contribution in [0.3, 0.4) is 0 Å². The first-order chi connectivity index (χ1) is 8.74. The molecule has 1 amide bonds. The standard InChI is InChI=1S/C15H31N3O/c1-11(2)17-15(5,14(16)19)7-9-18-8-6-12(3)10-13(18)4/h11-13,17H,6-10H2,1-5H3,(H2,16,19). The third-order valence-corrected chi connectivity index (χ3v) is 4.33. The molecule has 1 saturated heterocycles. The van der Waals surface area contributed by atoms with Crippen LogP contribution in [0, 0.1) is 5.92 Å². The van der Waals surface area contributed by atoms with Gasteiger partial charge in [0, 0.05) is 18.6 Å². The van der Waals surface area contributed by atoms with E-state index in [2.05, 4.69) is 24.1 Å². The second kappa shape index (κ2) is 6.71. The summed E-state index contributed by atoms with van der Waals surface area (Å²) in [7, 11) is 0. The van der Waals surface area contributed by atoms with Crippen molar-refractivity contribution in [2.75, 3.05) is 13.1 Å². The summed E-state index contributed by atoms with van der Waals surface area (Å²) < 4.78 is 0. The molecule has 3 unspecified atom stereocenters. The fourth-order valence-electron chi connectivity index (χ4n) is 3.06. The first-order valence-electron chi connectivity index (χ1n) is 7.56. The van der Waals surface area contributed by atoms with Crippen molar-refractivity contribution in [1.29, 1.82) is 0 Å². The van der Waals surface area contributed by atoms with Crippen LogP contribution in [0.15, 0.2) is 0 Å². The summed E-state index contributed by atoms with van der Waals surface area (Å²) in [6, 6.07) is 0.872. The van der Waals surface area contributed by atoms with Crippen LogP contribution in [0.4, 0.5) is 0 Å². The molecule has 0 spiro atoms. The Balaban J connectivity index is 2.54. The smallest absolute Gasteiger partial charge is 0.237 e. The topological polar surface area (TPSA) is 58.4 Å². The van der Waals surface area contributed by atoms with E-state index in [4.69, 9.17) is 5.73 Å². The van der Waals surface area contributed by atoms with Crippen molar-refractivity contribution in [2.24, 2.45) is 11.7 Å². The maximum absolute atomic E-state index is 11.7. The lowest BCUT2D eigenvalue weighted by Crippen LogP contribution is -2.57. The van der Waals surface area contributed by atoms with Crippen molar-refractivity contribution in [2.45, 2.75) is 71.5 Å². The molecule has 1 fully saturated rings. The van der Waals surface area contributed by atoms with Crippen LogP contribution in [-0.4, -0.2) is 41.5 Å². The van der Waals surface area contributed by atoms with Crippen LogP contribution in [-0.2, 0) is 4.79 Å². The maximum atomic E-state index is 11.7. The van der Waals surface area contributed by atoms with Gasteiger partial charge in [-0.2, -0.15) is 0 Å². The highest BCUT2D eigenvalue weighted by Gasteiger charge is 2.33. The van der Waals surface area contributed by atoms with E-state index in [1.165, 1.54) is 12.8 Å². The molecule has 0 aliphatic carbocycles. The summed E-state index contributed by atoms with van der Waals surface area (Å²) in [4.78, 5) is 14.2. The Hall–Kier alpha value is -0.610. The number of primary amides is 1. The Bertz CT molecular complexity index is 306. The van der Waals surface area contributed by atoms with Crippen molar-refractivity contribution in [3.05, 3.63) is 0 Å². The molecule has 0 radical (unpaired) electrons. The van der Waals surface area contributed by atoms with Crippen LogP contribution < -0.4 is 11.1 Å². The normalized spacial score (nSPS) is 28.3. The largest absolute Gasteiger partial charge is 0.368 e. The molecule has 1 rings (SSSR count). The molecular weight excluding hydrogens is 238 g/mol. The number of hydrogen-bond donors (Lipinski definition) is 2. The first kappa shape index (κ1) is 16.4. The van der Waals surface area contributed by atoms with E-state index in [0.29, 0.717) is 6.04 Å². The molecule has 4 nitrogen and oxygen atoms in total. The number of hydrogen-bond acceptors (Lipinski definition) is 3. The van der Waals surface area contributed by atoms with Gasteiger partial charge in [-0.3, -0.25) is 4.79 Å². The Kier molecular flexibility index (Phi) is 5.81. The number of nitrogens with two attached hydrogens (primary N) is 1. The summed E-state index contributed by atoms with van der Waals surface area (Å²) in [6.07, 6.45) is 3.29. The Morgan fingerprint density at radius 1 is 1.47 bits per heavy atom. The highest BCUT2D eigenvalue weighted by molar-refractivity contribution is 5.84. The van der Waals surface area contributed by atoms with E-state index >= 15 is 0 Å². The minimum Gasteiger partial charge on any atom is -0.368 e. The predicted octanol–water partition coefficient (Wildman–Crippen LogP) is 1.74. The predicted molar refractivity (Wildman–Crippen MR) is 79.9 cm³/mol. The average Bonchev–Trinajstić information content (AvgIpc) is 2.26. The van der Waals surface area contributed by atoms with Crippen LogP contribution in [0.2, 0.25) is 0 Å². The number of amides is 1. The van der Waals surface area contributed by atoms with E-state index < -0.39 is 5.54 Å². The molecule has 1 heterocycles. The van der Waals surface area contributed by atoms with Gasteiger partial charge in [-0.15, -0.1) is 0 Å². The monoisotopic (exact) mass is 269 g/mol. The molecule has 1 aliphatic heterocycles. The molecule has 0 aromatic heterocycles. The van der Waals surface area contributed by atoms with Crippen molar-refractivity contribution in [3.63, 3.8) is 0 Å². The molecular formula is C15H31N3O. The van der Waals surface area contributed by atoms with Crippen LogP contribution in [0.25, 0.3) is 0 Å². The van der Waals surface area contributed by atoms with Crippen molar-refractivity contribution < 1.29 is 4.79 Å². The lowest BCUT2D eigenvalue weighted by atomic mass is 9.91. The lowest BCUT2D eigenvalue weighted by Gasteiger charge is -2.39. The van der Waals surface area contributed by atoms with Gasteiger partial charge in [-0.25, -0.2) is 0 Å². The fourth-order valence-corrected chi connectivity index (χ4v) is 3.06. The summed E-state index contributed by atoms with van der Waals surface area (Å²) in [5.74, 6) is 0.571. The summed E-state index contributed by atoms with van der Waals surface area (Å²) in [6.45, 7) is 12.7. The molecule has 0 bridgehead atoms. The molecule has 4 heteroatoms. The number of carbonyl (C=O) groups excluding carboxylic acids is 1. The number of rotatable bonds is 6. The van der Waals surface area contributed by atoms with Gasteiger partial charge in [-0.1, -0.05) is 6.92 Å². The molecule has 19 heavy (non-hydrogen) atoms. The van der Waals surface area contributed by atoms with Gasteiger partial charge in [0.05, 0.1) is 5.54 Å². The Morgan fingerprint density at radius 2 is 2.11 bits per heavy atom. The van der Waals surface area contributed by atoms with Crippen molar-refractivity contribution >= 4 is 5.91 Å². The molecule has 112 valence electrons. The molecule has 0 aromatic carbocycles. The maximum Gasteiger partial charge on any atom is 0.237 e. The number of likely N-dealkylation sites (tertiary alicyclic amines) is 1. The lowest BCUT2D eigenvalue weighted by molar-refractivity contribution is -0.124. The van der Waals surface area contributed by atoms with Gasteiger partial charge in [-0.05, 0) is 59.4 Å². The fraction of sp³-hybridized carbons (Fsp3) is 0.933. The average molecular weight is 269 g/mol. The van der Waals surface area contributed by atoms with Gasteiger partial charge in [0.15, 0.2) is 0 Å². The van der Waals surface area contributed by atoms with Crippen LogP contribution >= 0.6 is 0 Å². The number of nitrogens with zero attached hydrogens (tertiary/aromatic N) is 1. The SMILES string of the molecule is CC1CCN(CCC(C)(NC(C)C)C(N)=O)C(C)C1. The number of piperidine rings is 1. The number of carbonyl (C=O) groups is 1. The van der Waals surface area contributed by atoms with E-state index in [0.717, 1.165) is 25.4 Å². The van der Waals surface area contributed by atoms with Gasteiger partial charge in [0.2, 0.25) is 5.91 Å². The number of nitrogens with one attached hydrogen (secondary N) is 1. The second-order valence-corrected chi connectivity index (χ2v) is 6.76. The van der Waals surface area contributed by atoms with E-state index in [1.807, 2.05) is 20.8 Å². The van der Waals surface area contributed by atoms with Gasteiger partial charge >= 0.3 is 0 Å². The molecule has 1 aliphatic rings. The minimum atomic E-state index is -0.600. The third-order valence-electron chi connectivity index (χ3n) is 4.33. The van der Waals surface area contributed by atoms with E-state index in [1.54, 1.807) is 0 Å². The summed E-state index contributed by atoms with van der Waals surface area (Å²) >= 11 is 0. The van der Waals surface area contributed by atoms with Crippen LogP contribution in [0.1, 0.15) is 53.9 Å². The molecule has 3 atom stereocenters. The molecule has 3 N–H and O–H groups in total. The van der Waals surface area contributed by atoms with Crippen molar-refractivity contribution in [3.8, 4) is 0 Å². The minimum absolute atomic E-state index is 0.251. The summed E-state index contributed by atoms with van der Waals surface area (Å²) in [5, 5.41) is 3.32. The second-order valence-electron chi connectivity index (χ2n) is 6.76. The zero-order valence-corrected chi connectivity index (χ0v) is 13.2. The first-order valence-corrected chi connectivity index (χ1v) is 7.56. The Labute approximate surface area is 118 Å². The molecule has 0 saturated carbocycles. The van der Waals surface area contributed by atoms with Crippen molar-refractivity contribution in [1.82, 2.24) is 10.2 Å². The van der Waals surface area contributed by atoms with E-state index in [9.17, 15) is 4.79 Å². The van der Waals surface area contributed by atoms with E-state index in [-0.39, 0.29) is 11.9 Å². The van der Waals surface area contributed by atoms with Gasteiger partial charge < -0.3 is 16.0 Å². The van der Waals surface area contributed by atoms with Gasteiger partial charge in [0.25, 0.3) is 0 Å². The Morgan fingerprint density at radius 3 is 2.58 bits per heavy atom. The quantitative estimate of drug-likeness (QED) is 0.772. The van der Waals surface area contributed by atoms with Gasteiger partial charge in [0.1, 0.15) is 0 Å². The molecule has 0 aromatic rings. The zero-order chi connectivity index (χ0) is 14.6. The highest BCUT2D eigenvalue weighted by atomic mass is 16.1. The van der Waals surface area contributed by atoms with Crippen LogP contribution in [0.5, 0.6) is 0 Å². The highest BCUT2D eigenvalue weighted by Crippen LogP contribution is 2.23. The third kappa shape index (κ3) is 4.77. The zero-order valence-electron chi connectivity index (χ0n) is 13.2. The summed E-state index contributed by atoms with van der Waals surface area (Å²) in [5.41, 5.74) is 4.97.